The highest BCUT2D eigenvalue weighted by molar-refractivity contribution is 14.1. The van der Waals surface area contributed by atoms with E-state index in [1.807, 2.05) is 30.3 Å². The first kappa shape index (κ1) is 17.0. The summed E-state index contributed by atoms with van der Waals surface area (Å²) < 4.78 is 12.1. The van der Waals surface area contributed by atoms with E-state index in [-0.39, 0.29) is 0 Å². The SMILES string of the molecule is C=CCOc1c(I)cc(CNc2ccccc2Cl)cc1OC. The maximum absolute atomic E-state index is 6.14. The lowest BCUT2D eigenvalue weighted by atomic mass is 10.2. The van der Waals surface area contributed by atoms with Crippen molar-refractivity contribution in [2.75, 3.05) is 19.0 Å². The third kappa shape index (κ3) is 4.30. The molecule has 2 rings (SSSR count). The van der Waals surface area contributed by atoms with Crippen LogP contribution in [0.1, 0.15) is 5.56 Å². The van der Waals surface area contributed by atoms with Gasteiger partial charge in [0.05, 0.1) is 21.4 Å². The molecular weight excluding hydrogens is 413 g/mol. The molecule has 0 heterocycles. The van der Waals surface area contributed by atoms with Gasteiger partial charge in [0.25, 0.3) is 0 Å². The van der Waals surface area contributed by atoms with Crippen molar-refractivity contribution in [1.82, 2.24) is 0 Å². The normalized spacial score (nSPS) is 10.1. The first-order chi connectivity index (χ1) is 10.7. The second-order valence-corrected chi connectivity index (χ2v) is 6.11. The minimum atomic E-state index is 0.448. The Labute approximate surface area is 149 Å². The molecule has 5 heteroatoms. The molecule has 0 saturated carbocycles. The fourth-order valence-electron chi connectivity index (χ4n) is 1.96. The van der Waals surface area contributed by atoms with Crippen LogP contribution in [0.5, 0.6) is 11.5 Å². The van der Waals surface area contributed by atoms with Crippen molar-refractivity contribution in [3.8, 4) is 11.5 Å². The van der Waals surface area contributed by atoms with Gasteiger partial charge in [0.15, 0.2) is 11.5 Å². The quantitative estimate of drug-likeness (QED) is 0.489. The molecule has 0 aliphatic carbocycles. The van der Waals surface area contributed by atoms with Crippen LogP contribution in [-0.4, -0.2) is 13.7 Å². The van der Waals surface area contributed by atoms with Crippen LogP contribution < -0.4 is 14.8 Å². The molecule has 3 nitrogen and oxygen atoms in total. The summed E-state index contributed by atoms with van der Waals surface area (Å²) in [7, 11) is 1.64. The molecule has 0 radical (unpaired) electrons. The van der Waals surface area contributed by atoms with Crippen LogP contribution in [0.2, 0.25) is 5.02 Å². The van der Waals surface area contributed by atoms with Gasteiger partial charge in [-0.25, -0.2) is 0 Å². The molecule has 1 N–H and O–H groups in total. The molecule has 0 fully saturated rings. The van der Waals surface area contributed by atoms with Crippen molar-refractivity contribution in [3.05, 3.63) is 63.2 Å². The van der Waals surface area contributed by atoms with E-state index in [1.165, 1.54) is 0 Å². The summed E-state index contributed by atoms with van der Waals surface area (Å²) in [6.07, 6.45) is 1.71. The highest BCUT2D eigenvalue weighted by Crippen LogP contribution is 2.34. The Kier molecular flexibility index (Phi) is 6.39. The number of methoxy groups -OCH3 is 1. The zero-order valence-corrected chi connectivity index (χ0v) is 15.1. The van der Waals surface area contributed by atoms with Crippen molar-refractivity contribution in [2.24, 2.45) is 0 Å². The fourth-order valence-corrected chi connectivity index (χ4v) is 2.98. The number of hydrogen-bond donors (Lipinski definition) is 1. The number of para-hydroxylation sites is 1. The summed E-state index contributed by atoms with van der Waals surface area (Å²) in [6.45, 7) is 4.76. The molecule has 0 unspecified atom stereocenters. The first-order valence-corrected chi connectivity index (χ1v) is 8.20. The summed E-state index contributed by atoms with van der Waals surface area (Å²) in [6, 6.07) is 11.7. The van der Waals surface area contributed by atoms with Gasteiger partial charge in [-0.05, 0) is 52.4 Å². The number of ether oxygens (including phenoxy) is 2. The highest BCUT2D eigenvalue weighted by Gasteiger charge is 2.11. The Morgan fingerprint density at radius 1 is 1.32 bits per heavy atom. The average molecular weight is 430 g/mol. The van der Waals surface area contributed by atoms with Crippen LogP contribution in [0.15, 0.2) is 49.1 Å². The van der Waals surface area contributed by atoms with Gasteiger partial charge >= 0.3 is 0 Å². The maximum Gasteiger partial charge on any atom is 0.174 e. The van der Waals surface area contributed by atoms with Gasteiger partial charge < -0.3 is 14.8 Å². The molecule has 22 heavy (non-hydrogen) atoms. The van der Waals surface area contributed by atoms with E-state index < -0.39 is 0 Å². The molecule has 0 aliphatic heterocycles. The van der Waals surface area contributed by atoms with Gasteiger partial charge in [0.1, 0.15) is 6.61 Å². The van der Waals surface area contributed by atoms with Gasteiger partial charge in [0.2, 0.25) is 0 Å². The van der Waals surface area contributed by atoms with Crippen molar-refractivity contribution in [3.63, 3.8) is 0 Å². The van der Waals surface area contributed by atoms with E-state index in [4.69, 9.17) is 21.1 Å². The number of nitrogens with one attached hydrogen (secondary N) is 1. The zero-order chi connectivity index (χ0) is 15.9. The van der Waals surface area contributed by atoms with Crippen molar-refractivity contribution in [2.45, 2.75) is 6.54 Å². The number of halogens is 2. The smallest absolute Gasteiger partial charge is 0.174 e. The summed E-state index contributed by atoms with van der Waals surface area (Å²) in [5.74, 6) is 1.45. The second-order valence-electron chi connectivity index (χ2n) is 4.54. The third-order valence-corrected chi connectivity index (χ3v) is 4.12. The topological polar surface area (TPSA) is 30.5 Å². The predicted molar refractivity (Wildman–Crippen MR) is 100 cm³/mol. The molecule has 0 amide bonds. The van der Waals surface area contributed by atoms with Gasteiger partial charge in [-0.2, -0.15) is 0 Å². The molecule has 0 saturated heterocycles. The van der Waals surface area contributed by atoms with Crippen LogP contribution in [0.3, 0.4) is 0 Å². The Bertz CT molecular complexity index is 661. The lowest BCUT2D eigenvalue weighted by Crippen LogP contribution is -2.03. The van der Waals surface area contributed by atoms with Crippen molar-refractivity contribution < 1.29 is 9.47 Å². The summed E-state index contributed by atoms with van der Waals surface area (Å²) in [5.41, 5.74) is 2.00. The number of anilines is 1. The second kappa shape index (κ2) is 8.29. The van der Waals surface area contributed by atoms with Gasteiger partial charge in [0, 0.05) is 6.54 Å². The number of rotatable bonds is 7. The standard InChI is InChI=1S/C17H17ClINO2/c1-3-8-22-17-14(19)9-12(10-16(17)21-2)11-20-15-7-5-4-6-13(15)18/h3-7,9-10,20H,1,8,11H2,2H3. The molecule has 0 bridgehead atoms. The van der Waals surface area contributed by atoms with E-state index in [0.717, 1.165) is 20.6 Å². The van der Waals surface area contributed by atoms with Gasteiger partial charge in [-0.15, -0.1) is 0 Å². The van der Waals surface area contributed by atoms with Crippen LogP contribution in [0.4, 0.5) is 5.69 Å². The Morgan fingerprint density at radius 2 is 2.09 bits per heavy atom. The highest BCUT2D eigenvalue weighted by atomic mass is 127. The number of benzene rings is 2. The van der Waals surface area contributed by atoms with Crippen molar-refractivity contribution >= 4 is 39.9 Å². The van der Waals surface area contributed by atoms with Crippen molar-refractivity contribution in [1.29, 1.82) is 0 Å². The molecule has 0 spiro atoms. The largest absolute Gasteiger partial charge is 0.493 e. The Hall–Kier alpha value is -1.40. The van der Waals surface area contributed by atoms with E-state index in [1.54, 1.807) is 13.2 Å². The Balaban J connectivity index is 2.16. The van der Waals surface area contributed by atoms with Crippen LogP contribution in [0.25, 0.3) is 0 Å². The minimum Gasteiger partial charge on any atom is -0.493 e. The average Bonchev–Trinajstić information content (AvgIpc) is 2.52. The van der Waals surface area contributed by atoms with Crippen LogP contribution in [0, 0.1) is 3.57 Å². The predicted octanol–water partition coefficient (Wildman–Crippen LogP) is 5.13. The van der Waals surface area contributed by atoms with Crippen LogP contribution in [-0.2, 0) is 6.54 Å². The maximum atomic E-state index is 6.14. The van der Waals surface area contributed by atoms with E-state index in [0.29, 0.717) is 23.9 Å². The monoisotopic (exact) mass is 429 g/mol. The molecular formula is C17H17ClINO2. The summed E-state index contributed by atoms with van der Waals surface area (Å²) >= 11 is 8.39. The Morgan fingerprint density at radius 3 is 2.77 bits per heavy atom. The molecule has 0 atom stereocenters. The lowest BCUT2D eigenvalue weighted by Gasteiger charge is -2.14. The molecule has 116 valence electrons. The lowest BCUT2D eigenvalue weighted by molar-refractivity contribution is 0.324. The van der Waals surface area contributed by atoms with Gasteiger partial charge in [-0.3, -0.25) is 0 Å². The van der Waals surface area contributed by atoms with Gasteiger partial charge in [-0.1, -0.05) is 36.4 Å². The third-order valence-electron chi connectivity index (χ3n) is 2.99. The van der Waals surface area contributed by atoms with E-state index in [2.05, 4.69) is 40.6 Å². The zero-order valence-electron chi connectivity index (χ0n) is 12.2. The fraction of sp³-hybridized carbons (Fsp3) is 0.176. The van der Waals surface area contributed by atoms with Crippen LogP contribution >= 0.6 is 34.2 Å². The first-order valence-electron chi connectivity index (χ1n) is 6.74. The van der Waals surface area contributed by atoms with E-state index in [9.17, 15) is 0 Å². The van der Waals surface area contributed by atoms with E-state index >= 15 is 0 Å². The molecule has 2 aromatic rings. The molecule has 0 aromatic heterocycles. The summed E-state index contributed by atoms with van der Waals surface area (Å²) in [4.78, 5) is 0. The summed E-state index contributed by atoms with van der Waals surface area (Å²) in [5, 5.41) is 4.03. The molecule has 0 aliphatic rings. The number of hydrogen-bond acceptors (Lipinski definition) is 3. The molecule has 2 aromatic carbocycles. The minimum absolute atomic E-state index is 0.448.